The molecule has 2 nitrogen and oxygen atoms in total. The van der Waals surface area contributed by atoms with Crippen LogP contribution in [-0.2, 0) is 10.8 Å². The average molecular weight is 719 g/mol. The van der Waals surface area contributed by atoms with Gasteiger partial charge < -0.3 is 9.47 Å². The lowest BCUT2D eigenvalue weighted by Crippen LogP contribution is -2.24. The lowest BCUT2D eigenvalue weighted by atomic mass is 9.80. The van der Waals surface area contributed by atoms with Gasteiger partial charge in [0.05, 0.1) is 28.1 Å². The minimum atomic E-state index is -0.196. The molecule has 2 heteroatoms. The molecule has 1 aromatic heterocycles. The van der Waals surface area contributed by atoms with Crippen LogP contribution in [0.5, 0.6) is 0 Å². The van der Waals surface area contributed by atoms with Gasteiger partial charge >= 0.3 is 0 Å². The molecule has 0 atom stereocenters. The van der Waals surface area contributed by atoms with E-state index in [2.05, 4.69) is 219 Å². The molecule has 11 rings (SSSR count). The lowest BCUT2D eigenvalue weighted by Gasteiger charge is -2.35. The highest BCUT2D eigenvalue weighted by molar-refractivity contribution is 6.10. The molecule has 0 saturated heterocycles. The molecule has 0 fully saturated rings. The summed E-state index contributed by atoms with van der Waals surface area (Å²) in [7, 11) is 0. The zero-order valence-corrected chi connectivity index (χ0v) is 32.2. The predicted molar refractivity (Wildman–Crippen MR) is 236 cm³/mol. The van der Waals surface area contributed by atoms with Crippen LogP contribution in [0, 0.1) is 0 Å². The van der Waals surface area contributed by atoms with E-state index >= 15 is 0 Å². The maximum absolute atomic E-state index is 2.57. The van der Waals surface area contributed by atoms with Crippen molar-refractivity contribution in [3.63, 3.8) is 0 Å². The third-order valence-corrected chi connectivity index (χ3v) is 12.7. The van der Waals surface area contributed by atoms with E-state index in [4.69, 9.17) is 0 Å². The molecule has 0 saturated carbocycles. The molecule has 0 spiro atoms. The van der Waals surface area contributed by atoms with Crippen molar-refractivity contribution in [2.75, 3.05) is 4.90 Å². The molecule has 56 heavy (non-hydrogen) atoms. The molecule has 2 aliphatic carbocycles. The smallest absolute Gasteiger partial charge is 0.0541 e. The minimum Gasteiger partial charge on any atom is -0.310 e. The van der Waals surface area contributed by atoms with E-state index in [1.54, 1.807) is 0 Å². The van der Waals surface area contributed by atoms with Crippen LogP contribution in [-0.4, -0.2) is 4.57 Å². The Hall–Kier alpha value is -6.64. The van der Waals surface area contributed by atoms with E-state index in [1.807, 2.05) is 0 Å². The normalized spacial score (nSPS) is 14.4. The summed E-state index contributed by atoms with van der Waals surface area (Å²) in [5.74, 6) is 0. The number of fused-ring (bicyclic) bond motifs is 9. The van der Waals surface area contributed by atoms with Crippen molar-refractivity contribution in [1.82, 2.24) is 4.57 Å². The van der Waals surface area contributed by atoms with Gasteiger partial charge in [0.15, 0.2) is 0 Å². The summed E-state index contributed by atoms with van der Waals surface area (Å²) in [5, 5.41) is 2.53. The summed E-state index contributed by atoms with van der Waals surface area (Å²) >= 11 is 0. The number of benzene rings is 8. The fourth-order valence-corrected chi connectivity index (χ4v) is 10.3. The van der Waals surface area contributed by atoms with Gasteiger partial charge in [0.25, 0.3) is 0 Å². The second-order valence-electron chi connectivity index (χ2n) is 16.5. The number of para-hydroxylation sites is 3. The first kappa shape index (κ1) is 32.8. The number of nitrogens with zero attached hydrogens (tertiary/aromatic N) is 2. The number of rotatable bonds is 5. The number of hydrogen-bond donors (Lipinski definition) is 0. The largest absolute Gasteiger partial charge is 0.310 e. The van der Waals surface area contributed by atoms with E-state index in [-0.39, 0.29) is 10.8 Å². The van der Waals surface area contributed by atoms with Crippen LogP contribution in [0.1, 0.15) is 49.9 Å². The zero-order valence-electron chi connectivity index (χ0n) is 32.2. The summed E-state index contributed by atoms with van der Waals surface area (Å²) < 4.78 is 2.44. The first-order chi connectivity index (χ1) is 27.3. The third-order valence-electron chi connectivity index (χ3n) is 12.7. The molecule has 0 unspecified atom stereocenters. The molecular weight excluding hydrogens is 677 g/mol. The van der Waals surface area contributed by atoms with Crippen molar-refractivity contribution in [2.45, 2.75) is 38.5 Å². The van der Waals surface area contributed by atoms with Crippen LogP contribution in [0.15, 0.2) is 182 Å². The number of anilines is 3. The Balaban J connectivity index is 1.17. The SMILES string of the molecule is CC1(C)c2ccccc2-c2cccc(N(c3cccc(-c4ccccc4-n4c5ccccc5c5ccccc54)c3)c3cccc4c3C(C)(C)c3ccccc3-4)c21. The van der Waals surface area contributed by atoms with Crippen molar-refractivity contribution >= 4 is 38.9 Å². The average Bonchev–Trinajstić information content (AvgIpc) is 3.79. The van der Waals surface area contributed by atoms with E-state index in [0.717, 1.165) is 5.69 Å². The van der Waals surface area contributed by atoms with Crippen LogP contribution >= 0.6 is 0 Å². The highest BCUT2D eigenvalue weighted by Gasteiger charge is 2.42. The van der Waals surface area contributed by atoms with Crippen molar-refractivity contribution in [3.8, 4) is 39.1 Å². The Bertz CT molecular complexity index is 2890. The van der Waals surface area contributed by atoms with Crippen molar-refractivity contribution in [3.05, 3.63) is 204 Å². The molecule has 1 heterocycles. The molecule has 0 amide bonds. The molecular formula is C54H42N2. The van der Waals surface area contributed by atoms with Crippen LogP contribution in [0.25, 0.3) is 60.9 Å². The quantitative estimate of drug-likeness (QED) is 0.172. The van der Waals surface area contributed by atoms with E-state index < -0.39 is 0 Å². The van der Waals surface area contributed by atoms with E-state index in [0.29, 0.717) is 0 Å². The molecule has 0 aliphatic heterocycles. The van der Waals surface area contributed by atoms with Crippen LogP contribution in [0.4, 0.5) is 17.1 Å². The van der Waals surface area contributed by atoms with Crippen molar-refractivity contribution < 1.29 is 0 Å². The van der Waals surface area contributed by atoms with Crippen LogP contribution in [0.2, 0.25) is 0 Å². The molecule has 2 aliphatic rings. The summed E-state index contributed by atoms with van der Waals surface area (Å²) in [4.78, 5) is 2.57. The second-order valence-corrected chi connectivity index (χ2v) is 16.5. The first-order valence-corrected chi connectivity index (χ1v) is 19.8. The minimum absolute atomic E-state index is 0.196. The highest BCUT2D eigenvalue weighted by atomic mass is 15.2. The number of aromatic nitrogens is 1. The molecule has 0 radical (unpaired) electrons. The Kier molecular flexibility index (Phi) is 6.98. The van der Waals surface area contributed by atoms with Crippen molar-refractivity contribution in [2.24, 2.45) is 0 Å². The van der Waals surface area contributed by atoms with Crippen LogP contribution in [0.3, 0.4) is 0 Å². The Morgan fingerprint density at radius 1 is 0.393 bits per heavy atom. The Labute approximate surface area is 328 Å². The van der Waals surface area contributed by atoms with Gasteiger partial charge in [-0.3, -0.25) is 0 Å². The standard InChI is InChI=1S/C54H42N2/c1-53(2)44-27-10-5-21-38(44)42-25-16-32-49(51(42)53)55(50-33-17-26-43-39-22-6-11-28-45(39)54(3,4)52(43)50)36-19-15-18-35(34-36)37-20-7-12-29-46(37)56-47-30-13-8-23-40(47)41-24-9-14-31-48(41)56/h5-34H,1-4H3. The predicted octanol–water partition coefficient (Wildman–Crippen LogP) is 14.5. The molecule has 268 valence electrons. The topological polar surface area (TPSA) is 8.17 Å². The molecule has 9 aromatic rings. The first-order valence-electron chi connectivity index (χ1n) is 19.8. The zero-order chi connectivity index (χ0) is 37.8. The summed E-state index contributed by atoms with van der Waals surface area (Å²) in [6.45, 7) is 9.58. The maximum Gasteiger partial charge on any atom is 0.0541 e. The fourth-order valence-electron chi connectivity index (χ4n) is 10.3. The summed E-state index contributed by atoms with van der Waals surface area (Å²) in [5.41, 5.74) is 19.9. The van der Waals surface area contributed by atoms with Gasteiger partial charge in [0, 0.05) is 32.9 Å². The van der Waals surface area contributed by atoms with Gasteiger partial charge in [0.2, 0.25) is 0 Å². The van der Waals surface area contributed by atoms with Crippen LogP contribution < -0.4 is 4.90 Å². The lowest BCUT2D eigenvalue weighted by molar-refractivity contribution is 0.656. The van der Waals surface area contributed by atoms with E-state index in [9.17, 15) is 0 Å². The van der Waals surface area contributed by atoms with Gasteiger partial charge in [-0.2, -0.15) is 0 Å². The Morgan fingerprint density at radius 2 is 0.839 bits per heavy atom. The maximum atomic E-state index is 2.57. The monoisotopic (exact) mass is 718 g/mol. The summed E-state index contributed by atoms with van der Waals surface area (Å²) in [6.07, 6.45) is 0. The second kappa shape index (κ2) is 11.9. The molecule has 0 N–H and O–H groups in total. The van der Waals surface area contributed by atoms with Gasteiger partial charge in [-0.05, 0) is 92.5 Å². The third kappa shape index (κ3) is 4.50. The van der Waals surface area contributed by atoms with Crippen molar-refractivity contribution in [1.29, 1.82) is 0 Å². The van der Waals surface area contributed by atoms with E-state index in [1.165, 1.54) is 94.5 Å². The highest BCUT2D eigenvalue weighted by Crippen LogP contribution is 2.58. The van der Waals surface area contributed by atoms with Gasteiger partial charge in [-0.25, -0.2) is 0 Å². The number of hydrogen-bond acceptors (Lipinski definition) is 1. The van der Waals surface area contributed by atoms with Gasteiger partial charge in [-0.15, -0.1) is 0 Å². The van der Waals surface area contributed by atoms with Gasteiger partial charge in [0.1, 0.15) is 0 Å². The summed E-state index contributed by atoms with van der Waals surface area (Å²) in [6, 6.07) is 67.5. The molecule has 0 bridgehead atoms. The fraction of sp³-hybridized carbons (Fsp3) is 0.111. The van der Waals surface area contributed by atoms with Gasteiger partial charge in [-0.1, -0.05) is 167 Å². The molecule has 8 aromatic carbocycles. The Morgan fingerprint density at radius 3 is 1.41 bits per heavy atom.